The number of amides is 2. The number of carbonyl (C=O) groups excluding carboxylic acids is 1. The SMILES string of the molecule is CCN(Cc1ccncc1)C(=O)N(CC)C(C)(C)C(=O)O. The number of hydrogen-bond acceptors (Lipinski definition) is 3. The maximum Gasteiger partial charge on any atom is 0.329 e. The molecule has 0 spiro atoms. The molecule has 116 valence electrons. The Morgan fingerprint density at radius 2 is 1.76 bits per heavy atom. The average molecular weight is 293 g/mol. The van der Waals surface area contributed by atoms with Crippen molar-refractivity contribution >= 4 is 12.0 Å². The second-order valence-electron chi connectivity index (χ2n) is 5.26. The summed E-state index contributed by atoms with van der Waals surface area (Å²) in [6.45, 7) is 8.01. The van der Waals surface area contributed by atoms with Gasteiger partial charge in [-0.15, -0.1) is 0 Å². The van der Waals surface area contributed by atoms with Crippen molar-refractivity contribution in [1.29, 1.82) is 0 Å². The highest BCUT2D eigenvalue weighted by Gasteiger charge is 2.38. The lowest BCUT2D eigenvalue weighted by atomic mass is 10.0. The van der Waals surface area contributed by atoms with Crippen LogP contribution in [0.1, 0.15) is 33.3 Å². The van der Waals surface area contributed by atoms with Crippen LogP contribution in [0.15, 0.2) is 24.5 Å². The van der Waals surface area contributed by atoms with E-state index in [2.05, 4.69) is 4.98 Å². The van der Waals surface area contributed by atoms with Crippen LogP contribution in [0.5, 0.6) is 0 Å². The first-order valence-electron chi connectivity index (χ1n) is 7.03. The number of aromatic nitrogens is 1. The van der Waals surface area contributed by atoms with Crippen molar-refractivity contribution in [3.63, 3.8) is 0 Å². The van der Waals surface area contributed by atoms with E-state index in [0.29, 0.717) is 19.6 Å². The predicted octanol–water partition coefficient (Wildman–Crippen LogP) is 2.21. The number of nitrogens with zero attached hydrogens (tertiary/aromatic N) is 3. The highest BCUT2D eigenvalue weighted by molar-refractivity contribution is 5.85. The minimum absolute atomic E-state index is 0.274. The number of likely N-dealkylation sites (N-methyl/N-ethyl adjacent to an activating group) is 1. The molecule has 0 fully saturated rings. The van der Waals surface area contributed by atoms with Crippen molar-refractivity contribution in [1.82, 2.24) is 14.8 Å². The molecule has 0 aliphatic heterocycles. The molecule has 0 bridgehead atoms. The molecule has 0 aliphatic rings. The molecule has 0 saturated heterocycles. The van der Waals surface area contributed by atoms with Crippen molar-refractivity contribution in [2.24, 2.45) is 0 Å². The van der Waals surface area contributed by atoms with Gasteiger partial charge in [-0.3, -0.25) is 4.98 Å². The van der Waals surface area contributed by atoms with Crippen LogP contribution in [0, 0.1) is 0 Å². The Kier molecular flexibility index (Phi) is 5.69. The Bertz CT molecular complexity index is 488. The molecule has 0 unspecified atom stereocenters. The van der Waals surface area contributed by atoms with E-state index in [0.717, 1.165) is 5.56 Å². The highest BCUT2D eigenvalue weighted by atomic mass is 16.4. The second-order valence-corrected chi connectivity index (χ2v) is 5.26. The van der Waals surface area contributed by atoms with Crippen LogP contribution >= 0.6 is 0 Å². The van der Waals surface area contributed by atoms with Crippen LogP contribution in [0.25, 0.3) is 0 Å². The number of hydrogen-bond donors (Lipinski definition) is 1. The monoisotopic (exact) mass is 293 g/mol. The molecule has 21 heavy (non-hydrogen) atoms. The van der Waals surface area contributed by atoms with Crippen molar-refractivity contribution < 1.29 is 14.7 Å². The van der Waals surface area contributed by atoms with Gasteiger partial charge in [0, 0.05) is 32.0 Å². The highest BCUT2D eigenvalue weighted by Crippen LogP contribution is 2.18. The molecular formula is C15H23N3O3. The first kappa shape index (κ1) is 16.9. The zero-order valence-electron chi connectivity index (χ0n) is 13.0. The molecular weight excluding hydrogens is 270 g/mol. The number of aliphatic carboxylic acids is 1. The standard InChI is InChI=1S/C15H23N3O3/c1-5-17(11-12-7-9-16-10-8-12)14(21)18(6-2)15(3,4)13(19)20/h7-10H,5-6,11H2,1-4H3,(H,19,20). The zero-order valence-corrected chi connectivity index (χ0v) is 13.0. The van der Waals surface area contributed by atoms with E-state index in [1.165, 1.54) is 18.7 Å². The summed E-state index contributed by atoms with van der Waals surface area (Å²) >= 11 is 0. The van der Waals surface area contributed by atoms with Crippen molar-refractivity contribution in [3.8, 4) is 0 Å². The summed E-state index contributed by atoms with van der Waals surface area (Å²) in [7, 11) is 0. The van der Waals surface area contributed by atoms with Gasteiger partial charge >= 0.3 is 12.0 Å². The first-order valence-corrected chi connectivity index (χ1v) is 7.03. The quantitative estimate of drug-likeness (QED) is 0.872. The van der Waals surface area contributed by atoms with Gasteiger partial charge in [0.15, 0.2) is 0 Å². The van der Waals surface area contributed by atoms with Gasteiger partial charge in [-0.1, -0.05) is 0 Å². The van der Waals surface area contributed by atoms with Crippen LogP contribution in [-0.4, -0.2) is 50.5 Å². The number of carboxylic acids is 1. The molecule has 6 heteroatoms. The third-order valence-electron chi connectivity index (χ3n) is 3.52. The van der Waals surface area contributed by atoms with E-state index in [4.69, 9.17) is 0 Å². The molecule has 0 radical (unpaired) electrons. The van der Waals surface area contributed by atoms with Crippen molar-refractivity contribution in [3.05, 3.63) is 30.1 Å². The normalized spacial score (nSPS) is 11.0. The van der Waals surface area contributed by atoms with Gasteiger partial charge in [0.2, 0.25) is 0 Å². The van der Waals surface area contributed by atoms with Gasteiger partial charge < -0.3 is 14.9 Å². The summed E-state index contributed by atoms with van der Waals surface area (Å²) in [5.74, 6) is -1.02. The lowest BCUT2D eigenvalue weighted by Gasteiger charge is -2.37. The Morgan fingerprint density at radius 1 is 1.19 bits per heavy atom. The smallest absolute Gasteiger partial charge is 0.329 e. The number of urea groups is 1. The van der Waals surface area contributed by atoms with Crippen LogP contribution in [-0.2, 0) is 11.3 Å². The molecule has 2 amide bonds. The van der Waals surface area contributed by atoms with Crippen molar-refractivity contribution in [2.45, 2.75) is 39.8 Å². The Labute approximate surface area is 125 Å². The van der Waals surface area contributed by atoms with E-state index >= 15 is 0 Å². The molecule has 1 rings (SSSR count). The third-order valence-corrected chi connectivity index (χ3v) is 3.52. The fourth-order valence-electron chi connectivity index (χ4n) is 2.08. The van der Waals surface area contributed by atoms with Crippen LogP contribution < -0.4 is 0 Å². The minimum atomic E-state index is -1.24. The molecule has 0 aliphatic carbocycles. The summed E-state index contributed by atoms with van der Waals surface area (Å²) in [5, 5.41) is 9.32. The van der Waals surface area contributed by atoms with Crippen LogP contribution in [0.2, 0.25) is 0 Å². The Hall–Kier alpha value is -2.11. The van der Waals surface area contributed by atoms with Gasteiger partial charge in [0.25, 0.3) is 0 Å². The van der Waals surface area contributed by atoms with Gasteiger partial charge in [-0.2, -0.15) is 0 Å². The average Bonchev–Trinajstić information content (AvgIpc) is 2.46. The summed E-state index contributed by atoms with van der Waals surface area (Å²) in [6.07, 6.45) is 3.35. The fourth-order valence-corrected chi connectivity index (χ4v) is 2.08. The van der Waals surface area contributed by atoms with Gasteiger partial charge in [-0.05, 0) is 45.4 Å². The van der Waals surface area contributed by atoms with Crippen LogP contribution in [0.4, 0.5) is 4.79 Å². The topological polar surface area (TPSA) is 73.7 Å². The molecule has 1 aromatic heterocycles. The fraction of sp³-hybridized carbons (Fsp3) is 0.533. The second kappa shape index (κ2) is 7.06. The van der Waals surface area contributed by atoms with Gasteiger partial charge in [0.05, 0.1) is 0 Å². The molecule has 0 aromatic carbocycles. The lowest BCUT2D eigenvalue weighted by Crippen LogP contribution is -2.56. The molecule has 0 atom stereocenters. The predicted molar refractivity (Wildman–Crippen MR) is 79.8 cm³/mol. The Balaban J connectivity index is 2.93. The number of rotatable bonds is 6. The molecule has 0 saturated carbocycles. The summed E-state index contributed by atoms with van der Waals surface area (Å²) < 4.78 is 0. The number of carbonyl (C=O) groups is 2. The van der Waals surface area contributed by atoms with Crippen molar-refractivity contribution in [2.75, 3.05) is 13.1 Å². The lowest BCUT2D eigenvalue weighted by molar-refractivity contribution is -0.147. The maximum atomic E-state index is 12.6. The summed E-state index contributed by atoms with van der Waals surface area (Å²) in [4.78, 5) is 31.0. The number of carboxylic acid groups (broad SMARTS) is 1. The summed E-state index contributed by atoms with van der Waals surface area (Å²) in [6, 6.07) is 3.41. The van der Waals surface area contributed by atoms with E-state index in [1.807, 2.05) is 19.1 Å². The molecule has 1 heterocycles. The minimum Gasteiger partial charge on any atom is -0.480 e. The van der Waals surface area contributed by atoms with E-state index in [-0.39, 0.29) is 6.03 Å². The van der Waals surface area contributed by atoms with Crippen LogP contribution in [0.3, 0.4) is 0 Å². The van der Waals surface area contributed by atoms with E-state index in [9.17, 15) is 14.7 Å². The summed E-state index contributed by atoms with van der Waals surface area (Å²) in [5.41, 5.74) is -0.276. The maximum absolute atomic E-state index is 12.6. The molecule has 6 nitrogen and oxygen atoms in total. The van der Waals surface area contributed by atoms with Gasteiger partial charge in [-0.25, -0.2) is 9.59 Å². The largest absolute Gasteiger partial charge is 0.480 e. The molecule has 1 N–H and O–H groups in total. The third kappa shape index (κ3) is 3.93. The van der Waals surface area contributed by atoms with E-state index in [1.54, 1.807) is 24.2 Å². The molecule has 1 aromatic rings. The zero-order chi connectivity index (χ0) is 16.0. The first-order chi connectivity index (χ1) is 9.84. The number of pyridine rings is 1. The van der Waals surface area contributed by atoms with E-state index < -0.39 is 11.5 Å². The Morgan fingerprint density at radius 3 is 2.19 bits per heavy atom. The van der Waals surface area contributed by atoms with Gasteiger partial charge in [0.1, 0.15) is 5.54 Å².